The van der Waals surface area contributed by atoms with Crippen LogP contribution in [0.25, 0.3) is 0 Å². The van der Waals surface area contributed by atoms with Crippen LogP contribution in [0.5, 0.6) is 11.5 Å². The van der Waals surface area contributed by atoms with Crippen LogP contribution in [0.15, 0.2) is 43.4 Å². The van der Waals surface area contributed by atoms with Crippen molar-refractivity contribution in [1.82, 2.24) is 4.83 Å². The molecule has 6 nitrogen and oxygen atoms in total. The first kappa shape index (κ1) is 16.8. The minimum atomic E-state index is -3.62. The van der Waals surface area contributed by atoms with Crippen molar-refractivity contribution in [3.63, 3.8) is 0 Å². The Balaban J connectivity index is 2.19. The smallest absolute Gasteiger partial charge is 0.286 e. The van der Waals surface area contributed by atoms with Gasteiger partial charge in [-0.25, -0.2) is 0 Å². The van der Waals surface area contributed by atoms with E-state index in [-0.39, 0.29) is 4.21 Å². The zero-order valence-corrected chi connectivity index (χ0v) is 15.0. The summed E-state index contributed by atoms with van der Waals surface area (Å²) in [7, 11) is -0.571. The normalized spacial score (nSPS) is 11.6. The first-order chi connectivity index (χ1) is 10.5. The quantitative estimate of drug-likeness (QED) is 0.592. The van der Waals surface area contributed by atoms with Crippen molar-refractivity contribution >= 4 is 43.5 Å². The average Bonchev–Trinajstić information content (AvgIpc) is 3.01. The molecule has 1 heterocycles. The summed E-state index contributed by atoms with van der Waals surface area (Å²) in [6.07, 6.45) is 1.39. The second-order valence-corrected chi connectivity index (χ2v) is 7.71. The van der Waals surface area contributed by atoms with Gasteiger partial charge in [0.05, 0.1) is 24.9 Å². The number of hydrogen-bond acceptors (Lipinski definition) is 6. The van der Waals surface area contributed by atoms with Crippen molar-refractivity contribution < 1.29 is 17.9 Å². The van der Waals surface area contributed by atoms with Gasteiger partial charge in [-0.05, 0) is 45.1 Å². The Hall–Kier alpha value is -1.58. The molecule has 22 heavy (non-hydrogen) atoms. The van der Waals surface area contributed by atoms with Gasteiger partial charge in [0.1, 0.15) is 4.21 Å². The number of ether oxygens (including phenoxy) is 2. The van der Waals surface area contributed by atoms with Gasteiger partial charge in [0.25, 0.3) is 10.0 Å². The summed E-state index contributed by atoms with van der Waals surface area (Å²) in [6, 6.07) is 6.60. The molecule has 0 unspecified atom stereocenters. The predicted octanol–water partition coefficient (Wildman–Crippen LogP) is 2.84. The van der Waals surface area contributed by atoms with Gasteiger partial charge in [0.15, 0.2) is 11.5 Å². The number of benzene rings is 1. The van der Waals surface area contributed by atoms with Gasteiger partial charge in [0, 0.05) is 0 Å². The maximum absolute atomic E-state index is 11.9. The number of methoxy groups -OCH3 is 2. The highest BCUT2D eigenvalue weighted by Crippen LogP contribution is 2.35. The number of hydrogen-bond donors (Lipinski definition) is 1. The van der Waals surface area contributed by atoms with Crippen LogP contribution in [-0.4, -0.2) is 28.9 Å². The molecule has 0 aliphatic carbocycles. The fourth-order valence-electron chi connectivity index (χ4n) is 1.64. The first-order valence-electron chi connectivity index (χ1n) is 5.98. The summed E-state index contributed by atoms with van der Waals surface area (Å²) in [4.78, 5) is 2.16. The predicted molar refractivity (Wildman–Crippen MR) is 89.5 cm³/mol. The first-order valence-corrected chi connectivity index (χ1v) is 9.13. The minimum absolute atomic E-state index is 0.207. The Morgan fingerprint density at radius 2 is 2.09 bits per heavy atom. The molecule has 9 heteroatoms. The van der Waals surface area contributed by atoms with Crippen LogP contribution in [0.2, 0.25) is 0 Å². The van der Waals surface area contributed by atoms with E-state index in [0.717, 1.165) is 11.3 Å². The number of nitrogens with zero attached hydrogens (tertiary/aromatic N) is 1. The van der Waals surface area contributed by atoms with Crippen LogP contribution in [0.1, 0.15) is 5.56 Å². The molecule has 0 aliphatic heterocycles. The number of hydrazone groups is 1. The van der Waals surface area contributed by atoms with Crippen molar-refractivity contribution in [3.8, 4) is 11.5 Å². The van der Waals surface area contributed by atoms with E-state index in [9.17, 15) is 8.42 Å². The lowest BCUT2D eigenvalue weighted by atomic mass is 10.2. The minimum Gasteiger partial charge on any atom is -0.493 e. The van der Waals surface area contributed by atoms with E-state index in [1.807, 2.05) is 0 Å². The number of nitrogens with one attached hydrogen (secondary N) is 1. The van der Waals surface area contributed by atoms with Gasteiger partial charge in [-0.2, -0.15) is 18.4 Å². The highest BCUT2D eigenvalue weighted by Gasteiger charge is 2.13. The molecule has 0 spiro atoms. The number of thiophene rings is 1. The highest BCUT2D eigenvalue weighted by molar-refractivity contribution is 9.10. The van der Waals surface area contributed by atoms with E-state index in [4.69, 9.17) is 9.47 Å². The molecule has 1 aromatic heterocycles. The molecular weight excluding hydrogens is 392 g/mol. The highest BCUT2D eigenvalue weighted by atomic mass is 79.9. The lowest BCUT2D eigenvalue weighted by molar-refractivity contribution is 0.353. The topological polar surface area (TPSA) is 77.0 Å². The monoisotopic (exact) mass is 404 g/mol. The molecular formula is C13H13BrN2O4S2. The summed E-state index contributed by atoms with van der Waals surface area (Å²) in [6.45, 7) is 0. The van der Waals surface area contributed by atoms with Crippen molar-refractivity contribution in [3.05, 3.63) is 39.7 Å². The maximum Gasteiger partial charge on any atom is 0.286 e. The van der Waals surface area contributed by atoms with Crippen molar-refractivity contribution in [2.24, 2.45) is 5.10 Å². The third kappa shape index (κ3) is 3.79. The molecule has 118 valence electrons. The van der Waals surface area contributed by atoms with E-state index in [2.05, 4.69) is 25.9 Å². The third-order valence-corrected chi connectivity index (χ3v) is 5.81. The van der Waals surface area contributed by atoms with E-state index >= 15 is 0 Å². The molecule has 1 aromatic carbocycles. The van der Waals surface area contributed by atoms with Gasteiger partial charge in [0.2, 0.25) is 0 Å². The SMILES string of the molecule is COc1cc(/C=N/NS(=O)(=O)c2cccs2)cc(Br)c1OC. The van der Waals surface area contributed by atoms with Gasteiger partial charge >= 0.3 is 0 Å². The molecule has 0 saturated carbocycles. The molecule has 0 atom stereocenters. The Morgan fingerprint density at radius 3 is 2.68 bits per heavy atom. The van der Waals surface area contributed by atoms with Gasteiger partial charge in [-0.15, -0.1) is 11.3 Å². The summed E-state index contributed by atoms with van der Waals surface area (Å²) in [5, 5.41) is 5.45. The number of rotatable bonds is 6. The third-order valence-electron chi connectivity index (χ3n) is 2.60. The van der Waals surface area contributed by atoms with Crippen LogP contribution in [0.3, 0.4) is 0 Å². The Morgan fingerprint density at radius 1 is 1.32 bits per heavy atom. The van der Waals surface area contributed by atoms with Crippen molar-refractivity contribution in [2.75, 3.05) is 14.2 Å². The van der Waals surface area contributed by atoms with Gasteiger partial charge in [-0.1, -0.05) is 6.07 Å². The molecule has 1 N–H and O–H groups in total. The molecule has 2 rings (SSSR count). The summed E-state index contributed by atoms with van der Waals surface area (Å²) in [5.74, 6) is 1.07. The fraction of sp³-hybridized carbons (Fsp3) is 0.154. The Bertz CT molecular complexity index is 774. The van der Waals surface area contributed by atoms with E-state index in [1.54, 1.807) is 23.6 Å². The zero-order valence-electron chi connectivity index (χ0n) is 11.7. The van der Waals surface area contributed by atoms with Crippen LogP contribution < -0.4 is 14.3 Å². The molecule has 0 bridgehead atoms. The van der Waals surface area contributed by atoms with Crippen molar-refractivity contribution in [1.29, 1.82) is 0 Å². The number of sulfonamides is 1. The van der Waals surface area contributed by atoms with Crippen molar-refractivity contribution in [2.45, 2.75) is 4.21 Å². The standard InChI is InChI=1S/C13H13BrN2O4S2/c1-19-11-7-9(6-10(14)13(11)20-2)8-15-16-22(17,18)12-4-3-5-21-12/h3-8,16H,1-2H3/b15-8+. The summed E-state index contributed by atoms with van der Waals surface area (Å²) in [5.41, 5.74) is 0.651. The van der Waals surface area contributed by atoms with Crippen LogP contribution in [-0.2, 0) is 10.0 Å². The lowest BCUT2D eigenvalue weighted by Gasteiger charge is -2.10. The van der Waals surface area contributed by atoms with Crippen LogP contribution in [0.4, 0.5) is 0 Å². The largest absolute Gasteiger partial charge is 0.493 e. The van der Waals surface area contributed by atoms with Gasteiger partial charge in [-0.3, -0.25) is 0 Å². The van der Waals surface area contributed by atoms with E-state index in [1.165, 1.54) is 26.5 Å². The van der Waals surface area contributed by atoms with Crippen LogP contribution >= 0.6 is 27.3 Å². The molecule has 0 radical (unpaired) electrons. The van der Waals surface area contributed by atoms with Crippen LogP contribution in [0, 0.1) is 0 Å². The molecule has 2 aromatic rings. The maximum atomic E-state index is 11.9. The molecule has 0 saturated heterocycles. The number of halogens is 1. The lowest BCUT2D eigenvalue weighted by Crippen LogP contribution is -2.17. The van der Waals surface area contributed by atoms with E-state index in [0.29, 0.717) is 21.5 Å². The van der Waals surface area contributed by atoms with Gasteiger partial charge < -0.3 is 9.47 Å². The summed E-state index contributed by atoms with van der Waals surface area (Å²) >= 11 is 4.48. The summed E-state index contributed by atoms with van der Waals surface area (Å²) < 4.78 is 35.1. The van der Waals surface area contributed by atoms with E-state index < -0.39 is 10.0 Å². The average molecular weight is 405 g/mol. The fourth-order valence-corrected chi connectivity index (χ4v) is 4.04. The second kappa shape index (κ2) is 7.12. The molecule has 0 amide bonds. The second-order valence-electron chi connectivity index (χ2n) is 4.02. The molecule has 0 aliphatic rings. The zero-order chi connectivity index (χ0) is 16.2. The molecule has 0 fully saturated rings. The Labute approximate surface area is 140 Å². The Kier molecular flexibility index (Phi) is 5.43.